The number of fused-ring (bicyclic) bond motifs is 1. The largest absolute Gasteiger partial charge is 0.486 e. The molecule has 1 aliphatic rings. The van der Waals surface area contributed by atoms with Gasteiger partial charge in [-0.2, -0.15) is 0 Å². The Morgan fingerprint density at radius 3 is 2.57 bits per heavy atom. The lowest BCUT2D eigenvalue weighted by Crippen LogP contribution is -2.15. The van der Waals surface area contributed by atoms with Gasteiger partial charge in [0, 0.05) is 23.9 Å². The fourth-order valence-corrected chi connectivity index (χ4v) is 2.07. The maximum absolute atomic E-state index is 5.57. The molecule has 0 amide bonds. The van der Waals surface area contributed by atoms with E-state index < -0.39 is 0 Å². The molecule has 0 atom stereocenters. The van der Waals surface area contributed by atoms with Crippen molar-refractivity contribution in [3.05, 3.63) is 30.6 Å². The van der Waals surface area contributed by atoms with E-state index >= 15 is 0 Å². The highest BCUT2D eigenvalue weighted by Gasteiger charge is 2.12. The summed E-state index contributed by atoms with van der Waals surface area (Å²) in [5, 5.41) is 6.49. The molecule has 0 spiro atoms. The zero-order valence-electron chi connectivity index (χ0n) is 12.1. The lowest BCUT2D eigenvalue weighted by Gasteiger charge is -2.19. The number of rotatable bonds is 4. The van der Waals surface area contributed by atoms with Crippen molar-refractivity contribution in [1.29, 1.82) is 0 Å². The average Bonchev–Trinajstić information content (AvgIpc) is 2.47. The molecule has 0 saturated heterocycles. The molecular formula is C15H18N4O2. The predicted molar refractivity (Wildman–Crippen MR) is 81.5 cm³/mol. The van der Waals surface area contributed by atoms with Crippen molar-refractivity contribution < 1.29 is 9.47 Å². The summed E-state index contributed by atoms with van der Waals surface area (Å²) in [4.78, 5) is 8.40. The number of nitrogens with zero attached hydrogens (tertiary/aromatic N) is 2. The molecular weight excluding hydrogens is 268 g/mol. The molecule has 3 rings (SSSR count). The first-order valence-corrected chi connectivity index (χ1v) is 6.96. The van der Waals surface area contributed by atoms with Gasteiger partial charge in [0.25, 0.3) is 0 Å². The summed E-state index contributed by atoms with van der Waals surface area (Å²) in [6, 6.07) is 7.93. The van der Waals surface area contributed by atoms with Crippen LogP contribution in [0.2, 0.25) is 0 Å². The summed E-state index contributed by atoms with van der Waals surface area (Å²) >= 11 is 0. The maximum atomic E-state index is 5.57. The summed E-state index contributed by atoms with van der Waals surface area (Å²) in [7, 11) is 0. The van der Waals surface area contributed by atoms with Crippen molar-refractivity contribution in [1.82, 2.24) is 9.97 Å². The van der Waals surface area contributed by atoms with Crippen LogP contribution < -0.4 is 20.1 Å². The van der Waals surface area contributed by atoms with Gasteiger partial charge in [-0.1, -0.05) is 0 Å². The SMILES string of the molecule is CC(C)Nc1cc(Nc2ccc3c(c2)OCCO3)ncn1. The van der Waals surface area contributed by atoms with E-state index in [1.54, 1.807) is 0 Å². The second-order valence-corrected chi connectivity index (χ2v) is 5.07. The van der Waals surface area contributed by atoms with E-state index in [1.165, 1.54) is 6.33 Å². The Morgan fingerprint density at radius 1 is 1.00 bits per heavy atom. The Kier molecular flexibility index (Phi) is 3.77. The first-order chi connectivity index (χ1) is 10.2. The Bertz CT molecular complexity index is 631. The smallest absolute Gasteiger partial charge is 0.163 e. The van der Waals surface area contributed by atoms with Crippen molar-refractivity contribution >= 4 is 17.3 Å². The van der Waals surface area contributed by atoms with Crippen LogP contribution in [0.25, 0.3) is 0 Å². The predicted octanol–water partition coefficient (Wildman–Crippen LogP) is 2.81. The van der Waals surface area contributed by atoms with Crippen LogP contribution in [0.5, 0.6) is 11.5 Å². The highest BCUT2D eigenvalue weighted by atomic mass is 16.6. The topological polar surface area (TPSA) is 68.3 Å². The van der Waals surface area contributed by atoms with Crippen molar-refractivity contribution in [2.24, 2.45) is 0 Å². The molecule has 6 heteroatoms. The van der Waals surface area contributed by atoms with Gasteiger partial charge in [0.2, 0.25) is 0 Å². The van der Waals surface area contributed by atoms with Gasteiger partial charge in [-0.15, -0.1) is 0 Å². The standard InChI is InChI=1S/C15H18N4O2/c1-10(2)18-14-8-15(17-9-16-14)19-11-3-4-12-13(7-11)21-6-5-20-12/h3-4,7-10H,5-6H2,1-2H3,(H2,16,17,18,19). The number of hydrogen-bond acceptors (Lipinski definition) is 6. The molecule has 1 aromatic heterocycles. The zero-order valence-corrected chi connectivity index (χ0v) is 12.1. The Hall–Kier alpha value is -2.50. The molecule has 0 unspecified atom stereocenters. The third kappa shape index (κ3) is 3.34. The Balaban J connectivity index is 1.77. The van der Waals surface area contributed by atoms with Crippen LogP contribution in [-0.4, -0.2) is 29.2 Å². The Labute approximate surface area is 123 Å². The van der Waals surface area contributed by atoms with Gasteiger partial charge in [-0.25, -0.2) is 9.97 Å². The molecule has 2 aromatic rings. The minimum Gasteiger partial charge on any atom is -0.486 e. The van der Waals surface area contributed by atoms with E-state index in [2.05, 4.69) is 34.4 Å². The lowest BCUT2D eigenvalue weighted by atomic mass is 10.2. The summed E-state index contributed by atoms with van der Waals surface area (Å²) < 4.78 is 11.1. The van der Waals surface area contributed by atoms with Gasteiger partial charge in [0.05, 0.1) is 0 Å². The minimum absolute atomic E-state index is 0.321. The van der Waals surface area contributed by atoms with Crippen LogP contribution in [0, 0.1) is 0 Å². The minimum atomic E-state index is 0.321. The van der Waals surface area contributed by atoms with Crippen molar-refractivity contribution in [2.75, 3.05) is 23.8 Å². The lowest BCUT2D eigenvalue weighted by molar-refractivity contribution is 0.171. The van der Waals surface area contributed by atoms with Gasteiger partial charge in [0.1, 0.15) is 31.2 Å². The van der Waals surface area contributed by atoms with Crippen molar-refractivity contribution in [3.8, 4) is 11.5 Å². The molecule has 0 saturated carbocycles. The van der Waals surface area contributed by atoms with Crippen LogP contribution in [0.15, 0.2) is 30.6 Å². The molecule has 2 heterocycles. The molecule has 1 aromatic carbocycles. The summed E-state index contributed by atoms with van der Waals surface area (Å²) in [5.41, 5.74) is 0.897. The van der Waals surface area contributed by atoms with E-state index in [4.69, 9.17) is 9.47 Å². The number of ether oxygens (including phenoxy) is 2. The van der Waals surface area contributed by atoms with Crippen molar-refractivity contribution in [3.63, 3.8) is 0 Å². The molecule has 6 nitrogen and oxygen atoms in total. The number of hydrogen-bond donors (Lipinski definition) is 2. The van der Waals surface area contributed by atoms with E-state index in [-0.39, 0.29) is 0 Å². The Morgan fingerprint density at radius 2 is 1.76 bits per heavy atom. The van der Waals surface area contributed by atoms with Gasteiger partial charge >= 0.3 is 0 Å². The zero-order chi connectivity index (χ0) is 14.7. The van der Waals surface area contributed by atoms with Crippen molar-refractivity contribution in [2.45, 2.75) is 19.9 Å². The first-order valence-electron chi connectivity index (χ1n) is 6.96. The second-order valence-electron chi connectivity index (χ2n) is 5.07. The van der Waals surface area contributed by atoms with Crippen LogP contribution in [0.4, 0.5) is 17.3 Å². The van der Waals surface area contributed by atoms with Gasteiger partial charge in [-0.3, -0.25) is 0 Å². The molecule has 0 radical (unpaired) electrons. The third-order valence-electron chi connectivity index (χ3n) is 2.92. The van der Waals surface area contributed by atoms with Crippen LogP contribution in [-0.2, 0) is 0 Å². The van der Waals surface area contributed by atoms with Gasteiger partial charge in [0.15, 0.2) is 11.5 Å². The van der Waals surface area contributed by atoms with E-state index in [0.29, 0.717) is 19.3 Å². The number of benzene rings is 1. The third-order valence-corrected chi connectivity index (χ3v) is 2.92. The molecule has 0 fully saturated rings. The molecule has 2 N–H and O–H groups in total. The van der Waals surface area contributed by atoms with Crippen LogP contribution in [0.1, 0.15) is 13.8 Å². The number of nitrogens with one attached hydrogen (secondary N) is 2. The number of aromatic nitrogens is 2. The highest BCUT2D eigenvalue weighted by molar-refractivity contribution is 5.63. The molecule has 110 valence electrons. The highest BCUT2D eigenvalue weighted by Crippen LogP contribution is 2.33. The summed E-state index contributed by atoms with van der Waals surface area (Å²) in [5.74, 6) is 3.04. The van der Waals surface area contributed by atoms with Gasteiger partial charge < -0.3 is 20.1 Å². The monoisotopic (exact) mass is 286 g/mol. The quantitative estimate of drug-likeness (QED) is 0.900. The fraction of sp³-hybridized carbons (Fsp3) is 0.333. The van der Waals surface area contributed by atoms with Crippen LogP contribution >= 0.6 is 0 Å². The summed E-state index contributed by atoms with van der Waals surface area (Å²) in [6.45, 7) is 5.30. The molecule has 0 aliphatic carbocycles. The van der Waals surface area contributed by atoms with E-state index in [9.17, 15) is 0 Å². The normalized spacial score (nSPS) is 13.1. The second kappa shape index (κ2) is 5.87. The molecule has 21 heavy (non-hydrogen) atoms. The molecule has 1 aliphatic heterocycles. The fourth-order valence-electron chi connectivity index (χ4n) is 2.07. The maximum Gasteiger partial charge on any atom is 0.163 e. The number of anilines is 3. The van der Waals surface area contributed by atoms with Crippen LogP contribution in [0.3, 0.4) is 0 Å². The van der Waals surface area contributed by atoms with E-state index in [1.807, 2.05) is 24.3 Å². The molecule has 0 bridgehead atoms. The summed E-state index contributed by atoms with van der Waals surface area (Å²) in [6.07, 6.45) is 1.53. The average molecular weight is 286 g/mol. The van der Waals surface area contributed by atoms with Gasteiger partial charge in [-0.05, 0) is 26.0 Å². The first kappa shape index (κ1) is 13.5. The van der Waals surface area contributed by atoms with E-state index in [0.717, 1.165) is 28.8 Å².